The van der Waals surface area contributed by atoms with E-state index in [2.05, 4.69) is 25.5 Å². The van der Waals surface area contributed by atoms with E-state index in [9.17, 15) is 0 Å². The average Bonchev–Trinajstić information content (AvgIpc) is 3.14. The fourth-order valence-electron chi connectivity index (χ4n) is 3.26. The summed E-state index contributed by atoms with van der Waals surface area (Å²) in [4.78, 5) is 18.1. The van der Waals surface area contributed by atoms with Crippen LogP contribution in [0.2, 0.25) is 0 Å². The number of fused-ring (bicyclic) bond motifs is 3. The second-order valence-electron chi connectivity index (χ2n) is 6.19. The maximum absolute atomic E-state index is 6.15. The van der Waals surface area contributed by atoms with Crippen molar-refractivity contribution in [3.05, 3.63) is 23.8 Å². The molecule has 0 amide bonds. The predicted octanol–water partition coefficient (Wildman–Crippen LogP) is -1.08. The number of hydrogen-bond acceptors (Lipinski definition) is 10. The van der Waals surface area contributed by atoms with Crippen molar-refractivity contribution in [1.29, 1.82) is 0 Å². The van der Waals surface area contributed by atoms with E-state index in [1.165, 1.54) is 0 Å². The molecule has 0 spiro atoms. The molecule has 10 nitrogen and oxygen atoms in total. The van der Waals surface area contributed by atoms with Crippen LogP contribution in [0.25, 0.3) is 0 Å². The molecule has 4 heterocycles. The Labute approximate surface area is 139 Å². The van der Waals surface area contributed by atoms with E-state index in [4.69, 9.17) is 16.5 Å². The van der Waals surface area contributed by atoms with Gasteiger partial charge in [-0.25, -0.2) is 15.0 Å². The first kappa shape index (κ1) is 15.0. The lowest BCUT2D eigenvalue weighted by molar-refractivity contribution is 0.183. The molecule has 0 saturated heterocycles. The normalized spacial score (nSPS) is 31.0. The lowest BCUT2D eigenvalue weighted by Gasteiger charge is -2.39. The van der Waals surface area contributed by atoms with Crippen LogP contribution in [0.3, 0.4) is 0 Å². The van der Waals surface area contributed by atoms with Crippen molar-refractivity contribution in [2.75, 3.05) is 13.1 Å². The summed E-state index contributed by atoms with van der Waals surface area (Å²) in [6, 6.07) is 0. The number of hydrazone groups is 1. The Bertz CT molecular complexity index is 756. The van der Waals surface area contributed by atoms with Crippen molar-refractivity contribution < 1.29 is 0 Å². The summed E-state index contributed by atoms with van der Waals surface area (Å²) in [6.07, 6.45) is 4.59. The Morgan fingerprint density at radius 1 is 1.29 bits per heavy atom. The third-order valence-electron chi connectivity index (χ3n) is 4.51. The Balaban J connectivity index is 1.74. The van der Waals surface area contributed by atoms with Gasteiger partial charge in [-0.2, -0.15) is 10.5 Å². The molecule has 5 N–H and O–H groups in total. The predicted molar refractivity (Wildman–Crippen MR) is 89.7 cm³/mol. The van der Waals surface area contributed by atoms with E-state index in [0.29, 0.717) is 19.0 Å². The topological polar surface area (TPSA) is 133 Å². The standard InChI is InChI=1S/C14H20N10/c1-8-9(18-5-4-17-8)10-20-12-14(2)7-19-23(6-3-15)11(14)21-13(16)24(12)22-10/h4-5,7,10-11,22H,3,6,15H2,1-2H3,(H2,16,21)/t10?,11?,14-/m1/s1. The van der Waals surface area contributed by atoms with Gasteiger partial charge in [0.15, 0.2) is 12.3 Å². The molecule has 4 rings (SSSR count). The Morgan fingerprint density at radius 3 is 2.83 bits per heavy atom. The third-order valence-corrected chi connectivity index (χ3v) is 4.51. The molecule has 1 aromatic heterocycles. The van der Waals surface area contributed by atoms with Gasteiger partial charge in [-0.05, 0) is 13.8 Å². The number of aromatic nitrogens is 2. The minimum absolute atomic E-state index is 0.237. The van der Waals surface area contributed by atoms with E-state index in [1.807, 2.05) is 25.1 Å². The van der Waals surface area contributed by atoms with Gasteiger partial charge < -0.3 is 11.5 Å². The summed E-state index contributed by atoms with van der Waals surface area (Å²) in [5.41, 5.74) is 16.2. The number of amidine groups is 1. The number of hydrazine groups is 1. The van der Waals surface area contributed by atoms with Crippen LogP contribution in [0.1, 0.15) is 24.5 Å². The zero-order valence-electron chi connectivity index (χ0n) is 13.6. The van der Waals surface area contributed by atoms with Gasteiger partial charge in [0.05, 0.1) is 12.2 Å². The van der Waals surface area contributed by atoms with E-state index < -0.39 is 5.41 Å². The van der Waals surface area contributed by atoms with Crippen LogP contribution in [0, 0.1) is 12.3 Å². The fourth-order valence-corrected chi connectivity index (χ4v) is 3.26. The van der Waals surface area contributed by atoms with Crippen molar-refractivity contribution >= 4 is 18.0 Å². The molecule has 3 aliphatic heterocycles. The number of guanidine groups is 1. The Hall–Kier alpha value is -2.59. The lowest BCUT2D eigenvalue weighted by atomic mass is 9.86. The molecule has 3 aliphatic rings. The van der Waals surface area contributed by atoms with Crippen LogP contribution in [-0.2, 0) is 0 Å². The number of rotatable bonds is 3. The maximum Gasteiger partial charge on any atom is 0.214 e. The highest BCUT2D eigenvalue weighted by Gasteiger charge is 2.53. The van der Waals surface area contributed by atoms with Crippen LogP contribution in [0.15, 0.2) is 27.5 Å². The molecule has 0 bridgehead atoms. The molecule has 0 fully saturated rings. The first-order valence-corrected chi connectivity index (χ1v) is 7.82. The largest absolute Gasteiger partial charge is 0.368 e. The Kier molecular flexibility index (Phi) is 3.25. The zero-order valence-corrected chi connectivity index (χ0v) is 13.6. The second-order valence-corrected chi connectivity index (χ2v) is 6.19. The minimum atomic E-state index is -0.476. The van der Waals surface area contributed by atoms with E-state index in [0.717, 1.165) is 17.2 Å². The van der Waals surface area contributed by atoms with Crippen LogP contribution in [0.5, 0.6) is 0 Å². The summed E-state index contributed by atoms with van der Waals surface area (Å²) in [6.45, 7) is 5.06. The number of nitrogens with two attached hydrogens (primary N) is 2. The van der Waals surface area contributed by atoms with Gasteiger partial charge in [0, 0.05) is 25.2 Å². The number of aryl methyl sites for hydroxylation is 1. The van der Waals surface area contributed by atoms with E-state index in [1.54, 1.807) is 17.4 Å². The Morgan fingerprint density at radius 2 is 2.08 bits per heavy atom. The van der Waals surface area contributed by atoms with Gasteiger partial charge in [-0.15, -0.1) is 0 Å². The molecule has 0 radical (unpaired) electrons. The highest BCUT2D eigenvalue weighted by molar-refractivity contribution is 6.12. The van der Waals surface area contributed by atoms with E-state index >= 15 is 0 Å². The molecule has 2 unspecified atom stereocenters. The second kappa shape index (κ2) is 5.21. The number of hydrogen-bond donors (Lipinski definition) is 3. The summed E-state index contributed by atoms with van der Waals surface area (Å²) < 4.78 is 0. The summed E-state index contributed by atoms with van der Waals surface area (Å²) in [5.74, 6) is 1.13. The van der Waals surface area contributed by atoms with Crippen molar-refractivity contribution in [3.63, 3.8) is 0 Å². The summed E-state index contributed by atoms with van der Waals surface area (Å²) in [7, 11) is 0. The molecule has 3 atom stereocenters. The van der Waals surface area contributed by atoms with Gasteiger partial charge in [-0.3, -0.25) is 15.0 Å². The fraction of sp³-hybridized carbons (Fsp3) is 0.500. The first-order valence-electron chi connectivity index (χ1n) is 7.82. The van der Waals surface area contributed by atoms with Gasteiger partial charge in [0.1, 0.15) is 16.9 Å². The molecule has 1 aromatic rings. The van der Waals surface area contributed by atoms with Crippen molar-refractivity contribution in [2.24, 2.45) is 32.0 Å². The zero-order chi connectivity index (χ0) is 16.9. The number of nitrogens with zero attached hydrogens (tertiary/aromatic N) is 7. The van der Waals surface area contributed by atoms with Gasteiger partial charge in [-0.1, -0.05) is 0 Å². The third kappa shape index (κ3) is 2.00. The van der Waals surface area contributed by atoms with Crippen molar-refractivity contribution in [3.8, 4) is 0 Å². The van der Waals surface area contributed by atoms with Gasteiger partial charge in [0.25, 0.3) is 0 Å². The molecule has 0 aliphatic carbocycles. The maximum atomic E-state index is 6.15. The average molecular weight is 328 g/mol. The van der Waals surface area contributed by atoms with Crippen molar-refractivity contribution in [1.82, 2.24) is 25.4 Å². The number of nitrogens with one attached hydrogen (secondary N) is 1. The highest BCUT2D eigenvalue weighted by Crippen LogP contribution is 2.39. The van der Waals surface area contributed by atoms with Crippen LogP contribution < -0.4 is 16.9 Å². The van der Waals surface area contributed by atoms with Crippen LogP contribution in [-0.4, -0.2) is 57.3 Å². The summed E-state index contributed by atoms with van der Waals surface area (Å²) in [5, 5.41) is 8.02. The summed E-state index contributed by atoms with van der Waals surface area (Å²) >= 11 is 0. The quantitative estimate of drug-likeness (QED) is 0.643. The molecule has 0 saturated carbocycles. The van der Waals surface area contributed by atoms with Crippen LogP contribution in [0.4, 0.5) is 0 Å². The lowest BCUT2D eigenvalue weighted by Crippen LogP contribution is -2.60. The van der Waals surface area contributed by atoms with Crippen molar-refractivity contribution in [2.45, 2.75) is 26.2 Å². The molecular formula is C14H20N10. The first-order chi connectivity index (χ1) is 11.5. The van der Waals surface area contributed by atoms with Gasteiger partial charge >= 0.3 is 0 Å². The molecular weight excluding hydrogens is 308 g/mol. The smallest absolute Gasteiger partial charge is 0.214 e. The highest BCUT2D eigenvalue weighted by atomic mass is 15.7. The van der Waals surface area contributed by atoms with Crippen LogP contribution >= 0.6 is 0 Å². The monoisotopic (exact) mass is 328 g/mol. The number of aliphatic imine (C=N–C) groups is 2. The molecule has 10 heteroatoms. The molecule has 24 heavy (non-hydrogen) atoms. The molecule has 126 valence electrons. The minimum Gasteiger partial charge on any atom is -0.368 e. The molecule has 0 aromatic carbocycles. The van der Waals surface area contributed by atoms with Gasteiger partial charge in [0.2, 0.25) is 5.96 Å². The SMILES string of the molecule is Cc1nccnc1C1N=C2N(N1)C(N)=NC1N(CCN)N=C[C@@]21C. The van der Waals surface area contributed by atoms with E-state index in [-0.39, 0.29) is 12.3 Å².